The lowest BCUT2D eigenvalue weighted by atomic mass is 10.1. The van der Waals surface area contributed by atoms with Crippen LogP contribution < -0.4 is 10.5 Å². The SMILES string of the molecule is CC(C)(O)CN1CCN(CCOc2ccc(N)cc2)CC1. The Kier molecular flexibility index (Phi) is 5.45. The molecule has 0 radical (unpaired) electrons. The van der Waals surface area contributed by atoms with E-state index in [1.165, 1.54) is 0 Å². The molecule has 0 atom stereocenters. The fourth-order valence-corrected chi connectivity index (χ4v) is 2.57. The Morgan fingerprint density at radius 3 is 2.24 bits per heavy atom. The van der Waals surface area contributed by atoms with Crippen molar-refractivity contribution in [2.45, 2.75) is 19.4 Å². The van der Waals surface area contributed by atoms with E-state index in [1.54, 1.807) is 0 Å². The summed E-state index contributed by atoms with van der Waals surface area (Å²) in [5.74, 6) is 0.866. The van der Waals surface area contributed by atoms with Crippen LogP contribution in [0.2, 0.25) is 0 Å². The van der Waals surface area contributed by atoms with Crippen LogP contribution >= 0.6 is 0 Å². The second-order valence-corrected chi connectivity index (χ2v) is 6.35. The summed E-state index contributed by atoms with van der Waals surface area (Å²) in [7, 11) is 0. The number of nitrogen functional groups attached to an aromatic ring is 1. The normalized spacial score (nSPS) is 17.9. The Morgan fingerprint density at radius 1 is 1.10 bits per heavy atom. The van der Waals surface area contributed by atoms with Gasteiger partial charge in [-0.1, -0.05) is 0 Å². The van der Waals surface area contributed by atoms with Crippen molar-refractivity contribution in [1.82, 2.24) is 9.80 Å². The summed E-state index contributed by atoms with van der Waals surface area (Å²) in [5, 5.41) is 9.84. The molecule has 0 aliphatic carbocycles. The van der Waals surface area contributed by atoms with Gasteiger partial charge in [-0.2, -0.15) is 0 Å². The van der Waals surface area contributed by atoms with Crippen LogP contribution in [0.4, 0.5) is 5.69 Å². The number of nitrogens with zero attached hydrogens (tertiary/aromatic N) is 2. The van der Waals surface area contributed by atoms with Gasteiger partial charge in [0.2, 0.25) is 0 Å². The molecule has 1 aliphatic rings. The third-order valence-electron chi connectivity index (χ3n) is 3.63. The highest BCUT2D eigenvalue weighted by Gasteiger charge is 2.22. The van der Waals surface area contributed by atoms with E-state index in [0.717, 1.165) is 50.7 Å². The summed E-state index contributed by atoms with van der Waals surface area (Å²) in [6.07, 6.45) is 0. The zero-order chi connectivity index (χ0) is 15.3. The fourth-order valence-electron chi connectivity index (χ4n) is 2.57. The number of ether oxygens (including phenoxy) is 1. The van der Waals surface area contributed by atoms with Gasteiger partial charge in [-0.3, -0.25) is 9.80 Å². The number of piperazine rings is 1. The molecule has 0 aromatic heterocycles. The first kappa shape index (κ1) is 16.1. The third kappa shape index (κ3) is 5.91. The number of hydrogen-bond donors (Lipinski definition) is 2. The Bertz CT molecular complexity index is 420. The van der Waals surface area contributed by atoms with Crippen molar-refractivity contribution in [2.75, 3.05) is 51.6 Å². The van der Waals surface area contributed by atoms with Crippen LogP contribution in [0.25, 0.3) is 0 Å². The van der Waals surface area contributed by atoms with E-state index in [0.29, 0.717) is 6.61 Å². The maximum absolute atomic E-state index is 9.84. The molecule has 0 spiro atoms. The highest BCUT2D eigenvalue weighted by molar-refractivity contribution is 5.41. The van der Waals surface area contributed by atoms with Crippen molar-refractivity contribution < 1.29 is 9.84 Å². The number of hydrogen-bond acceptors (Lipinski definition) is 5. The molecule has 3 N–H and O–H groups in total. The number of β-amino-alcohol motifs (C(OH)–C–C–N with tert-alkyl or cyclic N) is 1. The Hall–Kier alpha value is -1.30. The number of aliphatic hydroxyl groups is 1. The van der Waals surface area contributed by atoms with Gasteiger partial charge >= 0.3 is 0 Å². The van der Waals surface area contributed by atoms with Gasteiger partial charge in [0.1, 0.15) is 12.4 Å². The second-order valence-electron chi connectivity index (χ2n) is 6.35. The minimum atomic E-state index is -0.611. The van der Waals surface area contributed by atoms with Gasteiger partial charge in [0, 0.05) is 45.0 Å². The predicted molar refractivity (Wildman–Crippen MR) is 85.5 cm³/mol. The molecule has 2 rings (SSSR count). The zero-order valence-corrected chi connectivity index (χ0v) is 13.1. The minimum Gasteiger partial charge on any atom is -0.492 e. The Morgan fingerprint density at radius 2 is 1.67 bits per heavy atom. The van der Waals surface area contributed by atoms with Crippen LogP contribution in [0, 0.1) is 0 Å². The number of anilines is 1. The largest absolute Gasteiger partial charge is 0.492 e. The van der Waals surface area contributed by atoms with Gasteiger partial charge in [0.25, 0.3) is 0 Å². The molecule has 1 saturated heterocycles. The van der Waals surface area contributed by atoms with Crippen molar-refractivity contribution in [3.63, 3.8) is 0 Å². The van der Waals surface area contributed by atoms with E-state index < -0.39 is 5.60 Å². The molecule has 21 heavy (non-hydrogen) atoms. The molecular formula is C16H27N3O2. The third-order valence-corrected chi connectivity index (χ3v) is 3.63. The number of rotatable bonds is 6. The van der Waals surface area contributed by atoms with E-state index in [2.05, 4.69) is 9.80 Å². The Labute approximate surface area is 127 Å². The summed E-state index contributed by atoms with van der Waals surface area (Å²) < 4.78 is 5.72. The van der Waals surface area contributed by atoms with Crippen molar-refractivity contribution >= 4 is 5.69 Å². The molecule has 1 aromatic carbocycles. The van der Waals surface area contributed by atoms with Crippen LogP contribution in [0.5, 0.6) is 5.75 Å². The van der Waals surface area contributed by atoms with Crippen LogP contribution in [0.3, 0.4) is 0 Å². The molecule has 5 nitrogen and oxygen atoms in total. The molecule has 118 valence electrons. The first-order valence-electron chi connectivity index (χ1n) is 7.58. The highest BCUT2D eigenvalue weighted by Crippen LogP contribution is 2.13. The van der Waals surface area contributed by atoms with Crippen LogP contribution in [0.1, 0.15) is 13.8 Å². The average molecular weight is 293 g/mol. The summed E-state index contributed by atoms with van der Waals surface area (Å²) in [6, 6.07) is 7.50. The van der Waals surface area contributed by atoms with Gasteiger partial charge in [0.15, 0.2) is 0 Å². The van der Waals surface area contributed by atoms with E-state index in [9.17, 15) is 5.11 Å². The fraction of sp³-hybridized carbons (Fsp3) is 0.625. The maximum atomic E-state index is 9.84. The molecule has 1 fully saturated rings. The lowest BCUT2D eigenvalue weighted by Gasteiger charge is -2.37. The van der Waals surface area contributed by atoms with Gasteiger partial charge in [-0.05, 0) is 38.1 Å². The molecule has 0 amide bonds. The molecule has 1 aliphatic heterocycles. The van der Waals surface area contributed by atoms with Crippen molar-refractivity contribution in [3.05, 3.63) is 24.3 Å². The average Bonchev–Trinajstić information content (AvgIpc) is 2.41. The number of benzene rings is 1. The molecule has 0 unspecified atom stereocenters. The van der Waals surface area contributed by atoms with E-state index in [1.807, 2.05) is 38.1 Å². The van der Waals surface area contributed by atoms with Gasteiger partial charge in [0.05, 0.1) is 5.60 Å². The highest BCUT2D eigenvalue weighted by atomic mass is 16.5. The van der Waals surface area contributed by atoms with Crippen LogP contribution in [-0.2, 0) is 0 Å². The predicted octanol–water partition coefficient (Wildman–Crippen LogP) is 1.04. The minimum absolute atomic E-state index is 0.611. The summed E-state index contributed by atoms with van der Waals surface area (Å²) in [4.78, 5) is 4.72. The maximum Gasteiger partial charge on any atom is 0.119 e. The number of nitrogens with two attached hydrogens (primary N) is 1. The van der Waals surface area contributed by atoms with Crippen molar-refractivity contribution in [1.29, 1.82) is 0 Å². The summed E-state index contributed by atoms with van der Waals surface area (Å²) in [6.45, 7) is 10.2. The van der Waals surface area contributed by atoms with Gasteiger partial charge in [-0.15, -0.1) is 0 Å². The first-order chi connectivity index (χ1) is 9.92. The smallest absolute Gasteiger partial charge is 0.119 e. The summed E-state index contributed by atoms with van der Waals surface area (Å²) >= 11 is 0. The lowest BCUT2D eigenvalue weighted by Crippen LogP contribution is -2.51. The van der Waals surface area contributed by atoms with E-state index >= 15 is 0 Å². The van der Waals surface area contributed by atoms with Crippen LogP contribution in [0.15, 0.2) is 24.3 Å². The quantitative estimate of drug-likeness (QED) is 0.767. The van der Waals surface area contributed by atoms with Crippen molar-refractivity contribution in [2.24, 2.45) is 0 Å². The van der Waals surface area contributed by atoms with E-state index in [-0.39, 0.29) is 0 Å². The first-order valence-corrected chi connectivity index (χ1v) is 7.58. The van der Waals surface area contributed by atoms with Crippen LogP contribution in [-0.4, -0.2) is 66.4 Å². The standard InChI is InChI=1S/C16H27N3O2/c1-16(2,20)13-19-9-7-18(8-10-19)11-12-21-15-5-3-14(17)4-6-15/h3-6,20H,7-13,17H2,1-2H3. The summed E-state index contributed by atoms with van der Waals surface area (Å²) in [5.41, 5.74) is 5.79. The molecular weight excluding hydrogens is 266 g/mol. The second kappa shape index (κ2) is 7.11. The molecule has 1 heterocycles. The zero-order valence-electron chi connectivity index (χ0n) is 13.1. The molecule has 0 bridgehead atoms. The van der Waals surface area contributed by atoms with Crippen molar-refractivity contribution in [3.8, 4) is 5.75 Å². The van der Waals surface area contributed by atoms with Gasteiger partial charge in [-0.25, -0.2) is 0 Å². The topological polar surface area (TPSA) is 62.0 Å². The van der Waals surface area contributed by atoms with E-state index in [4.69, 9.17) is 10.5 Å². The Balaban J connectivity index is 1.64. The van der Waals surface area contributed by atoms with Gasteiger partial charge < -0.3 is 15.6 Å². The molecule has 0 saturated carbocycles. The molecule has 5 heteroatoms. The monoisotopic (exact) mass is 293 g/mol. The lowest BCUT2D eigenvalue weighted by molar-refractivity contribution is 0.0162. The molecule has 1 aromatic rings.